The zero-order chi connectivity index (χ0) is 26.1. The molecule has 0 spiro atoms. The summed E-state index contributed by atoms with van der Waals surface area (Å²) in [4.78, 5) is 11.4. The standard InChI is InChI=1S/C27H52O4Si2/c1-14-29-25(28)18-16-15-17-22(2)21-23(3)24(31-33(12,13)27(7,8)9)19-20-30-32(10,11)26(4,5)6/h15-18,21,23-24H,14,19-20H2,1-13H3/b17-15+,18-16+,22-21+/t23-,24-/m0/s1. The van der Waals surface area contributed by atoms with Crippen molar-refractivity contribution >= 4 is 22.6 Å². The second kappa shape index (κ2) is 13.2. The number of esters is 1. The average molecular weight is 497 g/mol. The number of ether oxygens (including phenoxy) is 1. The van der Waals surface area contributed by atoms with Crippen LogP contribution in [0, 0.1) is 5.92 Å². The van der Waals surface area contributed by atoms with Gasteiger partial charge in [-0.1, -0.05) is 78.3 Å². The van der Waals surface area contributed by atoms with Gasteiger partial charge >= 0.3 is 5.97 Å². The Morgan fingerprint density at radius 1 is 0.909 bits per heavy atom. The van der Waals surface area contributed by atoms with Crippen LogP contribution in [0.3, 0.4) is 0 Å². The first-order valence-corrected chi connectivity index (χ1v) is 18.2. The molecule has 0 saturated heterocycles. The fourth-order valence-electron chi connectivity index (χ4n) is 2.74. The lowest BCUT2D eigenvalue weighted by atomic mass is 9.99. The van der Waals surface area contributed by atoms with Crippen molar-refractivity contribution in [2.24, 2.45) is 5.92 Å². The fourth-order valence-corrected chi connectivity index (χ4v) is 5.24. The van der Waals surface area contributed by atoms with Gasteiger partial charge in [0.05, 0.1) is 12.7 Å². The Balaban J connectivity index is 5.45. The highest BCUT2D eigenvalue weighted by molar-refractivity contribution is 6.74. The van der Waals surface area contributed by atoms with Crippen molar-refractivity contribution < 1.29 is 18.4 Å². The van der Waals surface area contributed by atoms with Crippen molar-refractivity contribution in [3.63, 3.8) is 0 Å². The Morgan fingerprint density at radius 2 is 1.42 bits per heavy atom. The Kier molecular flexibility index (Phi) is 12.8. The van der Waals surface area contributed by atoms with Gasteiger partial charge in [0.2, 0.25) is 0 Å². The Morgan fingerprint density at radius 3 is 1.91 bits per heavy atom. The van der Waals surface area contributed by atoms with Gasteiger partial charge < -0.3 is 13.6 Å². The molecule has 0 aliphatic rings. The van der Waals surface area contributed by atoms with E-state index in [4.69, 9.17) is 13.6 Å². The first kappa shape index (κ1) is 32.0. The summed E-state index contributed by atoms with van der Waals surface area (Å²) in [6.45, 7) is 30.2. The molecule has 0 unspecified atom stereocenters. The molecule has 0 N–H and O–H groups in total. The number of rotatable bonds is 12. The topological polar surface area (TPSA) is 44.8 Å². The van der Waals surface area contributed by atoms with E-state index in [-0.39, 0.29) is 28.1 Å². The van der Waals surface area contributed by atoms with Gasteiger partial charge in [-0.3, -0.25) is 0 Å². The summed E-state index contributed by atoms with van der Waals surface area (Å²) in [5.41, 5.74) is 1.14. The van der Waals surface area contributed by atoms with Gasteiger partial charge in [0.1, 0.15) is 0 Å². The van der Waals surface area contributed by atoms with Crippen LogP contribution >= 0.6 is 0 Å². The molecule has 0 aliphatic heterocycles. The Labute approximate surface area is 207 Å². The fraction of sp³-hybridized carbons (Fsp3) is 0.741. The quantitative estimate of drug-likeness (QED) is 0.119. The van der Waals surface area contributed by atoms with E-state index >= 15 is 0 Å². The number of hydrogen-bond acceptors (Lipinski definition) is 4. The van der Waals surface area contributed by atoms with E-state index in [1.54, 1.807) is 13.0 Å². The van der Waals surface area contributed by atoms with Crippen LogP contribution in [0.15, 0.2) is 36.0 Å². The van der Waals surface area contributed by atoms with Crippen LogP contribution in [-0.4, -0.2) is 41.9 Å². The van der Waals surface area contributed by atoms with Crippen molar-refractivity contribution in [1.82, 2.24) is 0 Å². The minimum Gasteiger partial charge on any atom is -0.463 e. The van der Waals surface area contributed by atoms with Crippen molar-refractivity contribution in [1.29, 1.82) is 0 Å². The Hall–Kier alpha value is -0.956. The van der Waals surface area contributed by atoms with Crippen molar-refractivity contribution in [2.45, 2.75) is 111 Å². The summed E-state index contributed by atoms with van der Waals surface area (Å²) in [7, 11) is -3.71. The normalized spacial score (nSPS) is 16.5. The zero-order valence-corrected chi connectivity index (χ0v) is 25.8. The smallest absolute Gasteiger partial charge is 0.330 e. The molecule has 0 fully saturated rings. The molecular formula is C27H52O4Si2. The lowest BCUT2D eigenvalue weighted by Gasteiger charge is -2.41. The summed E-state index contributed by atoms with van der Waals surface area (Å²) in [5, 5.41) is 0.356. The maximum Gasteiger partial charge on any atom is 0.330 e. The SMILES string of the molecule is CCOC(=O)/C=C/C=C/C(C)=C/[C@H](C)[C@H](CCO[Si](C)(C)C(C)(C)C)O[Si](C)(C)C(C)(C)C. The van der Waals surface area contributed by atoms with E-state index in [0.717, 1.165) is 18.6 Å². The largest absolute Gasteiger partial charge is 0.463 e. The molecule has 0 bridgehead atoms. The zero-order valence-electron chi connectivity index (χ0n) is 23.8. The van der Waals surface area contributed by atoms with Crippen LogP contribution in [0.1, 0.15) is 68.7 Å². The molecule has 0 amide bonds. The van der Waals surface area contributed by atoms with Crippen LogP contribution in [0.5, 0.6) is 0 Å². The van der Waals surface area contributed by atoms with Crippen LogP contribution < -0.4 is 0 Å². The number of carbonyl (C=O) groups is 1. The second-order valence-corrected chi connectivity index (χ2v) is 21.6. The molecule has 33 heavy (non-hydrogen) atoms. The molecule has 0 aromatic carbocycles. The molecule has 0 aromatic heterocycles. The molecule has 0 aliphatic carbocycles. The highest BCUT2D eigenvalue weighted by Crippen LogP contribution is 2.39. The number of carbonyl (C=O) groups excluding carboxylic acids is 1. The number of hydrogen-bond donors (Lipinski definition) is 0. The van der Waals surface area contributed by atoms with Gasteiger partial charge in [0.25, 0.3) is 0 Å². The molecule has 0 heterocycles. The molecule has 192 valence electrons. The summed E-state index contributed by atoms with van der Waals surface area (Å²) in [6, 6.07) is 0. The van der Waals surface area contributed by atoms with Gasteiger partial charge in [-0.25, -0.2) is 4.79 Å². The van der Waals surface area contributed by atoms with Crippen molar-refractivity contribution in [2.75, 3.05) is 13.2 Å². The van der Waals surface area contributed by atoms with E-state index in [2.05, 4.69) is 87.7 Å². The second-order valence-electron chi connectivity index (χ2n) is 12.1. The predicted molar refractivity (Wildman–Crippen MR) is 148 cm³/mol. The van der Waals surface area contributed by atoms with Crippen LogP contribution in [0.2, 0.25) is 36.3 Å². The van der Waals surface area contributed by atoms with E-state index < -0.39 is 16.6 Å². The molecule has 0 aromatic rings. The lowest BCUT2D eigenvalue weighted by molar-refractivity contribution is -0.137. The monoisotopic (exact) mass is 496 g/mol. The van der Waals surface area contributed by atoms with Gasteiger partial charge in [-0.2, -0.15) is 0 Å². The minimum atomic E-state index is -1.92. The van der Waals surface area contributed by atoms with E-state index in [9.17, 15) is 4.79 Å². The number of allylic oxidation sites excluding steroid dienone is 4. The van der Waals surface area contributed by atoms with Crippen LogP contribution in [0.25, 0.3) is 0 Å². The van der Waals surface area contributed by atoms with E-state index in [0.29, 0.717) is 6.61 Å². The summed E-state index contributed by atoms with van der Waals surface area (Å²) in [6.07, 6.45) is 10.3. The third kappa shape index (κ3) is 11.8. The Bertz CT molecular complexity index is 692. The van der Waals surface area contributed by atoms with E-state index in [1.807, 2.05) is 12.2 Å². The highest BCUT2D eigenvalue weighted by Gasteiger charge is 2.41. The third-order valence-electron chi connectivity index (χ3n) is 7.03. The lowest BCUT2D eigenvalue weighted by Crippen LogP contribution is -2.46. The maximum absolute atomic E-state index is 11.4. The van der Waals surface area contributed by atoms with Crippen LogP contribution in [-0.2, 0) is 18.4 Å². The van der Waals surface area contributed by atoms with E-state index in [1.165, 1.54) is 6.08 Å². The molecule has 0 saturated carbocycles. The summed E-state index contributed by atoms with van der Waals surface area (Å²) < 4.78 is 18.3. The molecule has 6 heteroatoms. The van der Waals surface area contributed by atoms with Gasteiger partial charge in [0, 0.05) is 12.7 Å². The predicted octanol–water partition coefficient (Wildman–Crippen LogP) is 8.05. The highest BCUT2D eigenvalue weighted by atomic mass is 28.4. The van der Waals surface area contributed by atoms with Gasteiger partial charge in [0.15, 0.2) is 16.6 Å². The third-order valence-corrected chi connectivity index (χ3v) is 16.1. The van der Waals surface area contributed by atoms with Crippen molar-refractivity contribution in [3.05, 3.63) is 36.0 Å². The van der Waals surface area contributed by atoms with Gasteiger partial charge in [-0.05, 0) is 62.5 Å². The molecule has 0 radical (unpaired) electrons. The minimum absolute atomic E-state index is 0.106. The molecular weight excluding hydrogens is 444 g/mol. The summed E-state index contributed by atoms with van der Waals surface area (Å²) in [5.74, 6) is -0.0671. The van der Waals surface area contributed by atoms with Crippen molar-refractivity contribution in [3.8, 4) is 0 Å². The average Bonchev–Trinajstić information content (AvgIpc) is 2.62. The maximum atomic E-state index is 11.4. The van der Waals surface area contributed by atoms with Gasteiger partial charge in [-0.15, -0.1) is 0 Å². The molecule has 0 rings (SSSR count). The first-order valence-electron chi connectivity index (χ1n) is 12.4. The first-order chi connectivity index (χ1) is 14.8. The van der Waals surface area contributed by atoms with Crippen LogP contribution in [0.4, 0.5) is 0 Å². The molecule has 4 nitrogen and oxygen atoms in total. The molecule has 2 atom stereocenters. The summed E-state index contributed by atoms with van der Waals surface area (Å²) >= 11 is 0.